The van der Waals surface area contributed by atoms with Crippen molar-refractivity contribution in [3.8, 4) is 34.1 Å². The molecule has 0 unspecified atom stereocenters. The Labute approximate surface area is 403 Å². The van der Waals surface area contributed by atoms with Gasteiger partial charge < -0.3 is 13.9 Å². The number of nitrogens with zero attached hydrogens (tertiary/aromatic N) is 4. The molecule has 0 amide bonds. The number of alkyl halides is 3. The number of ether oxygens (including phenoxy) is 1. The predicted molar refractivity (Wildman–Crippen MR) is 273 cm³/mol. The molecule has 0 bridgehead atoms. The molecule has 0 N–H and O–H groups in total. The Morgan fingerprint density at radius 1 is 0.565 bits per heavy atom. The first-order valence-corrected chi connectivity index (χ1v) is 24.0. The fraction of sp³-hybridized carbons (Fsp3) is 0.311. The van der Waals surface area contributed by atoms with Crippen LogP contribution in [-0.2, 0) is 40.3 Å². The van der Waals surface area contributed by atoms with Crippen LogP contribution in [0.4, 0.5) is 13.2 Å². The first-order valence-electron chi connectivity index (χ1n) is 24.0. The summed E-state index contributed by atoms with van der Waals surface area (Å²) in [4.78, 5) is 4.63. The zero-order valence-electron chi connectivity index (χ0n) is 41.9. The number of rotatable bonds is 3. The fourth-order valence-electron chi connectivity index (χ4n) is 11.3. The van der Waals surface area contributed by atoms with E-state index in [1.165, 1.54) is 62.2 Å². The van der Waals surface area contributed by atoms with Gasteiger partial charge in [-0.05, 0) is 132 Å². The van der Waals surface area contributed by atoms with Gasteiger partial charge in [-0.2, -0.15) is 13.2 Å². The van der Waals surface area contributed by atoms with Crippen LogP contribution in [0, 0.1) is 6.33 Å². The number of fused-ring (bicyclic) bond motifs is 12. The van der Waals surface area contributed by atoms with Crippen LogP contribution in [-0.4, -0.2) is 14.1 Å². The van der Waals surface area contributed by atoms with Gasteiger partial charge in [-0.15, -0.1) is 0 Å². The number of para-hydroxylation sites is 1. The van der Waals surface area contributed by atoms with Gasteiger partial charge in [-0.3, -0.25) is 4.57 Å². The molecule has 350 valence electrons. The van der Waals surface area contributed by atoms with Crippen LogP contribution in [0.1, 0.15) is 133 Å². The lowest BCUT2D eigenvalue weighted by Crippen LogP contribution is -2.38. The molecule has 0 saturated heterocycles. The van der Waals surface area contributed by atoms with Crippen LogP contribution in [0.25, 0.3) is 55.5 Å². The van der Waals surface area contributed by atoms with Gasteiger partial charge in [0.1, 0.15) is 17.3 Å². The number of halogens is 3. The topological polar surface area (TPSA) is 35.9 Å². The van der Waals surface area contributed by atoms with Crippen molar-refractivity contribution in [2.24, 2.45) is 7.05 Å². The van der Waals surface area contributed by atoms with E-state index in [4.69, 9.17) is 4.74 Å². The third-order valence-electron chi connectivity index (χ3n) is 14.7. The monoisotopic (exact) mass is 920 g/mol. The van der Waals surface area contributed by atoms with Crippen molar-refractivity contribution in [3.05, 3.63) is 178 Å². The van der Waals surface area contributed by atoms with Crippen LogP contribution in [0.2, 0.25) is 0 Å². The van der Waals surface area contributed by atoms with Gasteiger partial charge >= 0.3 is 6.18 Å². The minimum Gasteiger partial charge on any atom is -0.458 e. The van der Waals surface area contributed by atoms with Crippen molar-refractivity contribution < 1.29 is 22.5 Å². The minimum atomic E-state index is -4.49. The van der Waals surface area contributed by atoms with E-state index in [0.717, 1.165) is 28.4 Å². The number of benzene rings is 6. The molecule has 0 fully saturated rings. The van der Waals surface area contributed by atoms with Crippen molar-refractivity contribution in [1.29, 1.82) is 0 Å². The van der Waals surface area contributed by atoms with Crippen molar-refractivity contribution in [3.63, 3.8) is 0 Å². The maximum Gasteiger partial charge on any atom is 0.416 e. The molecule has 0 radical (unpaired) electrons. The summed E-state index contributed by atoms with van der Waals surface area (Å²) in [5, 5.41) is 1.16. The number of aromatic nitrogens is 4. The molecule has 1 spiro atoms. The summed E-state index contributed by atoms with van der Waals surface area (Å²) in [5.41, 5.74) is 15.2. The second-order valence-electron chi connectivity index (χ2n) is 23.5. The van der Waals surface area contributed by atoms with Crippen LogP contribution in [0.15, 0.2) is 121 Å². The van der Waals surface area contributed by atoms with E-state index in [0.29, 0.717) is 39.1 Å². The first-order chi connectivity index (χ1) is 32.3. The van der Waals surface area contributed by atoms with E-state index in [9.17, 15) is 13.2 Å². The van der Waals surface area contributed by atoms with E-state index < -0.39 is 17.2 Å². The largest absolute Gasteiger partial charge is 0.458 e. The van der Waals surface area contributed by atoms with Gasteiger partial charge in [-0.25, -0.2) is 4.98 Å². The first kappa shape index (κ1) is 44.8. The molecule has 2 aliphatic rings. The van der Waals surface area contributed by atoms with Crippen molar-refractivity contribution in [2.75, 3.05) is 0 Å². The van der Waals surface area contributed by atoms with Crippen LogP contribution in [0.3, 0.4) is 0 Å². The second-order valence-corrected chi connectivity index (χ2v) is 23.5. The summed E-state index contributed by atoms with van der Waals surface area (Å²) >= 11 is 0. The molecule has 6 aromatic carbocycles. The lowest BCUT2D eigenvalue weighted by molar-refractivity contribution is -0.649. The van der Waals surface area contributed by atoms with Gasteiger partial charge in [0.25, 0.3) is 0 Å². The Bertz CT molecular complexity index is 3540. The smallest absolute Gasteiger partial charge is 0.416 e. The number of pyridine rings is 1. The van der Waals surface area contributed by atoms with E-state index >= 15 is 0 Å². The van der Waals surface area contributed by atoms with Crippen LogP contribution in [0.5, 0.6) is 11.5 Å². The van der Waals surface area contributed by atoms with Crippen molar-refractivity contribution >= 4 is 32.8 Å². The van der Waals surface area contributed by atoms with E-state index in [1.54, 1.807) is 6.20 Å². The maximum absolute atomic E-state index is 14.1. The SMILES string of the molecule is C[n+]1[c-]n2c3c(cccc31)C1(c3ccc(Oc4ccc5c6cc(C(F)(F)F)ccc6n(-c6ccccn6)c5c4)cc3-2)c2c(cc(C(C)(C)C)cc2C(C)(C)C)-c2cc(C(C)(C)C)cc(C(C)(C)C)c21. The number of hydrogen-bond donors (Lipinski definition) is 0. The third kappa shape index (κ3) is 6.64. The summed E-state index contributed by atoms with van der Waals surface area (Å²) in [6.07, 6.45) is 0.911. The summed E-state index contributed by atoms with van der Waals surface area (Å²) < 4.78 is 55.4. The van der Waals surface area contributed by atoms with Gasteiger partial charge in [-0.1, -0.05) is 138 Å². The quantitative estimate of drug-likeness (QED) is 0.131. The van der Waals surface area contributed by atoms with Gasteiger partial charge in [0.05, 0.1) is 45.8 Å². The van der Waals surface area contributed by atoms with Crippen LogP contribution >= 0.6 is 0 Å². The average Bonchev–Trinajstić information content (AvgIpc) is 3.89. The highest BCUT2D eigenvalue weighted by Gasteiger charge is 2.54. The third-order valence-corrected chi connectivity index (χ3v) is 14.7. The van der Waals surface area contributed by atoms with Crippen LogP contribution < -0.4 is 9.30 Å². The molecule has 9 aromatic rings. The highest BCUT2D eigenvalue weighted by molar-refractivity contribution is 6.10. The summed E-state index contributed by atoms with van der Waals surface area (Å²) in [6, 6.07) is 38.3. The normalized spacial score (nSPS) is 14.5. The molecule has 5 nitrogen and oxygen atoms in total. The molecule has 69 heavy (non-hydrogen) atoms. The molecular formula is C61H59F3N4O. The number of hydrogen-bond acceptors (Lipinski definition) is 2. The van der Waals surface area contributed by atoms with Gasteiger partial charge in [0, 0.05) is 23.0 Å². The standard InChI is InChI=1S/C61H59F3N4O/c1-56(2,3)36-28-42-43-29-37(57(4,5)6)31-47(59(10,11)12)54(43)60(53(42)46(30-36)58(7,8)9)44-24-22-39(33-51(44)67-34-66(13)49-18-16-17-45(60)55(49)67)69-38-21-23-40-41-27-35(61(62,63)64)20-25-48(41)68(50(40)32-38)52-19-14-15-26-65-52/h14-33H,1-13H3. The second kappa shape index (κ2) is 14.4. The summed E-state index contributed by atoms with van der Waals surface area (Å²) in [6.45, 7) is 28.0. The van der Waals surface area contributed by atoms with E-state index in [1.807, 2.05) is 41.0 Å². The summed E-state index contributed by atoms with van der Waals surface area (Å²) in [7, 11) is 2.07. The summed E-state index contributed by atoms with van der Waals surface area (Å²) in [5.74, 6) is 1.76. The molecule has 0 saturated carbocycles. The molecule has 11 rings (SSSR count). The molecule has 0 atom stereocenters. The van der Waals surface area contributed by atoms with Gasteiger partial charge in [0.15, 0.2) is 0 Å². The Morgan fingerprint density at radius 2 is 1.19 bits per heavy atom. The molecule has 4 heterocycles. The van der Waals surface area contributed by atoms with E-state index in [2.05, 4.69) is 171 Å². The minimum absolute atomic E-state index is 0.103. The Balaban J connectivity index is 1.21. The molecule has 1 aliphatic carbocycles. The Kier molecular flexibility index (Phi) is 9.38. The zero-order valence-corrected chi connectivity index (χ0v) is 41.9. The predicted octanol–water partition coefficient (Wildman–Crippen LogP) is 15.4. The Hall–Kier alpha value is -6.67. The average molecular weight is 921 g/mol. The maximum atomic E-state index is 14.1. The number of imidazole rings is 1. The highest BCUT2D eigenvalue weighted by atomic mass is 19.4. The van der Waals surface area contributed by atoms with Crippen molar-refractivity contribution in [1.82, 2.24) is 14.1 Å². The lowest BCUT2D eigenvalue weighted by atomic mass is 9.60. The van der Waals surface area contributed by atoms with E-state index in [-0.39, 0.29) is 21.7 Å². The zero-order chi connectivity index (χ0) is 49.1. The highest BCUT2D eigenvalue weighted by Crippen LogP contribution is 2.65. The lowest BCUT2D eigenvalue weighted by Gasteiger charge is -2.45. The molecule has 8 heteroatoms. The van der Waals surface area contributed by atoms with Gasteiger partial charge in [0.2, 0.25) is 6.33 Å². The number of aryl methyl sites for hydroxylation is 1. The molecule has 1 aliphatic heterocycles. The van der Waals surface area contributed by atoms with Crippen molar-refractivity contribution in [2.45, 2.75) is 116 Å². The Morgan fingerprint density at radius 3 is 1.77 bits per heavy atom. The fourth-order valence-corrected chi connectivity index (χ4v) is 11.3. The molecule has 3 aromatic heterocycles. The molecular weight excluding hydrogens is 862 g/mol.